The van der Waals surface area contributed by atoms with Gasteiger partial charge in [0.1, 0.15) is 4.88 Å². The number of rotatable bonds is 2. The van der Waals surface area contributed by atoms with E-state index in [9.17, 15) is 14.7 Å². The molecule has 0 unspecified atom stereocenters. The molecule has 0 radical (unpaired) electrons. The van der Waals surface area contributed by atoms with Crippen LogP contribution < -0.4 is 4.87 Å². The van der Waals surface area contributed by atoms with Gasteiger partial charge in [0.15, 0.2) is 0 Å². The van der Waals surface area contributed by atoms with E-state index in [0.29, 0.717) is 16.9 Å². The van der Waals surface area contributed by atoms with Crippen LogP contribution in [0, 0.1) is 0 Å². The summed E-state index contributed by atoms with van der Waals surface area (Å²) >= 11 is 0.707. The van der Waals surface area contributed by atoms with Crippen molar-refractivity contribution in [2.24, 2.45) is 0 Å². The first-order valence-corrected chi connectivity index (χ1v) is 5.02. The summed E-state index contributed by atoms with van der Waals surface area (Å²) in [6.45, 7) is 0. The van der Waals surface area contributed by atoms with Crippen LogP contribution >= 0.6 is 11.3 Å². The Morgan fingerprint density at radius 1 is 1.27 bits per heavy atom. The summed E-state index contributed by atoms with van der Waals surface area (Å²) in [7, 11) is 0. The van der Waals surface area contributed by atoms with E-state index in [1.54, 1.807) is 30.3 Å². The highest BCUT2D eigenvalue weighted by molar-refractivity contribution is 7.11. The number of carbonyl (C=O) groups is 1. The molecule has 1 aromatic heterocycles. The number of H-pyrrole nitrogens is 1. The molecule has 0 bridgehead atoms. The highest BCUT2D eigenvalue weighted by atomic mass is 32.1. The topological polar surface area (TPSA) is 70.2 Å². The molecule has 0 fully saturated rings. The van der Waals surface area contributed by atoms with Crippen LogP contribution in [0.5, 0.6) is 5.88 Å². The van der Waals surface area contributed by atoms with Crippen molar-refractivity contribution in [3.8, 4) is 5.88 Å². The number of aromatic hydroxyl groups is 1. The Kier molecular flexibility index (Phi) is 2.39. The van der Waals surface area contributed by atoms with Gasteiger partial charge in [-0.05, 0) is 0 Å². The van der Waals surface area contributed by atoms with Crippen molar-refractivity contribution in [1.29, 1.82) is 0 Å². The van der Waals surface area contributed by atoms with E-state index in [4.69, 9.17) is 0 Å². The molecule has 4 nitrogen and oxygen atoms in total. The Labute approximate surface area is 88.8 Å². The average Bonchev–Trinajstić information content (AvgIpc) is 2.58. The fourth-order valence-corrected chi connectivity index (χ4v) is 1.89. The second-order valence-electron chi connectivity index (χ2n) is 2.89. The minimum absolute atomic E-state index is 0.0474. The molecule has 5 heteroatoms. The molecule has 2 rings (SSSR count). The summed E-state index contributed by atoms with van der Waals surface area (Å²) in [6.07, 6.45) is 0. The fourth-order valence-electron chi connectivity index (χ4n) is 1.19. The van der Waals surface area contributed by atoms with Gasteiger partial charge in [0.2, 0.25) is 11.7 Å². The maximum Gasteiger partial charge on any atom is 0.308 e. The Hall–Kier alpha value is -1.88. The Balaban J connectivity index is 2.46. The Bertz CT molecular complexity index is 541. The Morgan fingerprint density at radius 3 is 2.47 bits per heavy atom. The number of nitrogens with one attached hydrogen (secondary N) is 1. The molecule has 76 valence electrons. The van der Waals surface area contributed by atoms with Gasteiger partial charge < -0.3 is 5.11 Å². The van der Waals surface area contributed by atoms with Gasteiger partial charge in [0, 0.05) is 5.56 Å². The molecule has 0 amide bonds. The molecule has 0 aliphatic carbocycles. The highest BCUT2D eigenvalue weighted by Gasteiger charge is 2.16. The monoisotopic (exact) mass is 221 g/mol. The van der Waals surface area contributed by atoms with Crippen LogP contribution in [0.15, 0.2) is 35.1 Å². The van der Waals surface area contributed by atoms with Gasteiger partial charge in [-0.25, -0.2) is 0 Å². The minimum atomic E-state index is -0.438. The number of carbonyl (C=O) groups excluding carboxylic acids is 1. The Morgan fingerprint density at radius 2 is 1.93 bits per heavy atom. The third kappa shape index (κ3) is 1.82. The fraction of sp³-hybridized carbons (Fsp3) is 0. The molecule has 15 heavy (non-hydrogen) atoms. The molecule has 0 aliphatic heterocycles. The maximum atomic E-state index is 11.8. The van der Waals surface area contributed by atoms with Gasteiger partial charge in [0.05, 0.1) is 0 Å². The maximum absolute atomic E-state index is 11.8. The molecule has 0 aliphatic rings. The lowest BCUT2D eigenvalue weighted by Gasteiger charge is -1.96. The van der Waals surface area contributed by atoms with Crippen molar-refractivity contribution in [3.63, 3.8) is 0 Å². The third-order valence-electron chi connectivity index (χ3n) is 1.87. The predicted molar refractivity (Wildman–Crippen MR) is 56.5 cm³/mol. The first-order valence-electron chi connectivity index (χ1n) is 4.20. The van der Waals surface area contributed by atoms with Gasteiger partial charge in [-0.15, -0.1) is 0 Å². The molecule has 1 aromatic carbocycles. The van der Waals surface area contributed by atoms with Crippen molar-refractivity contribution in [2.45, 2.75) is 0 Å². The van der Waals surface area contributed by atoms with Crippen molar-refractivity contribution in [3.05, 3.63) is 50.4 Å². The van der Waals surface area contributed by atoms with E-state index >= 15 is 0 Å². The molecule has 0 atom stereocenters. The van der Waals surface area contributed by atoms with E-state index < -0.39 is 4.87 Å². The first kappa shape index (κ1) is 9.67. The van der Waals surface area contributed by atoms with Crippen LogP contribution in [-0.2, 0) is 0 Å². The van der Waals surface area contributed by atoms with Gasteiger partial charge >= 0.3 is 4.87 Å². The molecule has 2 aromatic rings. The highest BCUT2D eigenvalue weighted by Crippen LogP contribution is 2.19. The summed E-state index contributed by atoms with van der Waals surface area (Å²) in [5.41, 5.74) is 0.447. The van der Waals surface area contributed by atoms with Crippen LogP contribution in [0.3, 0.4) is 0 Å². The van der Waals surface area contributed by atoms with Crippen LogP contribution in [0.1, 0.15) is 15.2 Å². The van der Waals surface area contributed by atoms with Gasteiger partial charge in [-0.1, -0.05) is 41.7 Å². The van der Waals surface area contributed by atoms with E-state index in [1.165, 1.54) is 0 Å². The number of aromatic amines is 1. The molecular formula is C10H7NO3S. The summed E-state index contributed by atoms with van der Waals surface area (Å²) in [5.74, 6) is -0.713. The number of ketones is 1. The molecule has 0 spiro atoms. The zero-order valence-corrected chi connectivity index (χ0v) is 8.38. The van der Waals surface area contributed by atoms with Gasteiger partial charge in [-0.2, -0.15) is 0 Å². The normalized spacial score (nSPS) is 10.1. The van der Waals surface area contributed by atoms with Gasteiger partial charge in [-0.3, -0.25) is 14.6 Å². The summed E-state index contributed by atoms with van der Waals surface area (Å²) in [4.78, 5) is 24.4. The number of benzene rings is 1. The summed E-state index contributed by atoms with van der Waals surface area (Å²) < 4.78 is 0. The van der Waals surface area contributed by atoms with E-state index in [2.05, 4.69) is 4.98 Å². The predicted octanol–water partition coefficient (Wildman–Crippen LogP) is 1.37. The lowest BCUT2D eigenvalue weighted by molar-refractivity contribution is 0.104. The third-order valence-corrected chi connectivity index (χ3v) is 2.74. The average molecular weight is 221 g/mol. The summed E-state index contributed by atoms with van der Waals surface area (Å²) in [5, 5.41) is 9.30. The number of hydrogen-bond acceptors (Lipinski definition) is 4. The molecule has 0 saturated heterocycles. The van der Waals surface area contributed by atoms with E-state index in [0.717, 1.165) is 0 Å². The zero-order valence-electron chi connectivity index (χ0n) is 7.56. The second-order valence-corrected chi connectivity index (χ2v) is 3.87. The van der Waals surface area contributed by atoms with Crippen molar-refractivity contribution >= 4 is 17.1 Å². The van der Waals surface area contributed by atoms with Gasteiger partial charge in [0.25, 0.3) is 0 Å². The van der Waals surface area contributed by atoms with Crippen LogP contribution in [0.25, 0.3) is 0 Å². The molecular weight excluding hydrogens is 214 g/mol. The van der Waals surface area contributed by atoms with Crippen molar-refractivity contribution in [1.82, 2.24) is 4.98 Å². The smallest absolute Gasteiger partial charge is 0.308 e. The summed E-state index contributed by atoms with van der Waals surface area (Å²) in [6, 6.07) is 8.49. The van der Waals surface area contributed by atoms with Crippen molar-refractivity contribution in [2.75, 3.05) is 0 Å². The second kappa shape index (κ2) is 3.70. The van der Waals surface area contributed by atoms with E-state index in [-0.39, 0.29) is 16.5 Å². The largest absolute Gasteiger partial charge is 0.493 e. The lowest BCUT2D eigenvalue weighted by atomic mass is 10.1. The SMILES string of the molecule is O=C(c1ccccc1)c1sc(=O)[nH]c1O. The number of aromatic nitrogens is 1. The molecule has 2 N–H and O–H groups in total. The minimum Gasteiger partial charge on any atom is -0.493 e. The molecule has 0 saturated carbocycles. The number of thiazole rings is 1. The van der Waals surface area contributed by atoms with Crippen LogP contribution in [-0.4, -0.2) is 15.9 Å². The number of hydrogen-bond donors (Lipinski definition) is 2. The lowest BCUT2D eigenvalue weighted by Crippen LogP contribution is -1.98. The molecule has 1 heterocycles. The standard InChI is InChI=1S/C10H7NO3S/c12-7(6-4-2-1-3-5-6)8-9(13)11-10(14)15-8/h1-5,13H,(H,11,14). The van der Waals surface area contributed by atoms with E-state index in [1.807, 2.05) is 0 Å². The first-order chi connectivity index (χ1) is 7.18. The quantitative estimate of drug-likeness (QED) is 0.752. The zero-order chi connectivity index (χ0) is 10.8. The van der Waals surface area contributed by atoms with Crippen LogP contribution in [0.2, 0.25) is 0 Å². The van der Waals surface area contributed by atoms with Crippen molar-refractivity contribution < 1.29 is 9.90 Å². The van der Waals surface area contributed by atoms with Crippen LogP contribution in [0.4, 0.5) is 0 Å².